The van der Waals surface area contributed by atoms with Gasteiger partial charge in [-0.25, -0.2) is 0 Å². The van der Waals surface area contributed by atoms with E-state index in [1.54, 1.807) is 29.3 Å². The van der Waals surface area contributed by atoms with Crippen molar-refractivity contribution in [2.45, 2.75) is 19.4 Å². The van der Waals surface area contributed by atoms with E-state index in [9.17, 15) is 4.79 Å². The predicted molar refractivity (Wildman–Crippen MR) is 104 cm³/mol. The van der Waals surface area contributed by atoms with E-state index in [0.717, 1.165) is 30.2 Å². The third kappa shape index (κ3) is 4.41. The number of carbonyl (C=O) groups is 1. The second-order valence-electron chi connectivity index (χ2n) is 6.45. The Labute approximate surface area is 157 Å². The summed E-state index contributed by atoms with van der Waals surface area (Å²) in [5.74, 6) is 0.582. The van der Waals surface area contributed by atoms with Gasteiger partial charge >= 0.3 is 0 Å². The number of benzene rings is 1. The summed E-state index contributed by atoms with van der Waals surface area (Å²) in [5.41, 5.74) is 2.70. The number of hydrogen-bond acceptors (Lipinski definition) is 6. The van der Waals surface area contributed by atoms with Crippen molar-refractivity contribution in [3.63, 3.8) is 0 Å². The number of rotatable bonds is 6. The predicted octanol–water partition coefficient (Wildman–Crippen LogP) is 2.66. The molecule has 8 heteroatoms. The highest BCUT2D eigenvalue weighted by molar-refractivity contribution is 5.90. The summed E-state index contributed by atoms with van der Waals surface area (Å²) in [5, 5.41) is 18.4. The second kappa shape index (κ2) is 7.86. The molecule has 1 aliphatic heterocycles. The van der Waals surface area contributed by atoms with Crippen LogP contribution in [0.1, 0.15) is 12.8 Å². The van der Waals surface area contributed by atoms with Crippen molar-refractivity contribution in [2.24, 2.45) is 0 Å². The van der Waals surface area contributed by atoms with Crippen molar-refractivity contribution in [1.29, 1.82) is 0 Å². The molecule has 0 aliphatic carbocycles. The molecule has 8 nitrogen and oxygen atoms in total. The Kier molecular flexibility index (Phi) is 4.95. The number of nitrogens with one attached hydrogen (secondary N) is 2. The molecule has 2 N–H and O–H groups in total. The molecule has 4 rings (SSSR count). The fourth-order valence-corrected chi connectivity index (χ4v) is 3.09. The molecule has 0 unspecified atom stereocenters. The van der Waals surface area contributed by atoms with Gasteiger partial charge in [-0.15, -0.1) is 5.10 Å². The van der Waals surface area contributed by atoms with E-state index in [1.165, 1.54) is 12.8 Å². The zero-order chi connectivity index (χ0) is 18.5. The largest absolute Gasteiger partial charge is 0.370 e. The minimum Gasteiger partial charge on any atom is -0.370 e. The Balaban J connectivity index is 1.36. The minimum atomic E-state index is -0.122. The van der Waals surface area contributed by atoms with Gasteiger partial charge in [0.2, 0.25) is 5.91 Å². The summed E-state index contributed by atoms with van der Waals surface area (Å²) in [6.07, 6.45) is 7.64. The maximum absolute atomic E-state index is 12.0. The van der Waals surface area contributed by atoms with Crippen molar-refractivity contribution in [1.82, 2.24) is 20.0 Å². The number of anilines is 4. The van der Waals surface area contributed by atoms with Crippen LogP contribution in [-0.4, -0.2) is 39.0 Å². The molecule has 1 aliphatic rings. The fourth-order valence-electron chi connectivity index (χ4n) is 3.09. The highest BCUT2D eigenvalue weighted by Gasteiger charge is 2.13. The molecule has 27 heavy (non-hydrogen) atoms. The summed E-state index contributed by atoms with van der Waals surface area (Å²) >= 11 is 0. The van der Waals surface area contributed by atoms with Gasteiger partial charge in [-0.3, -0.25) is 9.48 Å². The molecule has 1 saturated heterocycles. The van der Waals surface area contributed by atoms with Gasteiger partial charge in [-0.1, -0.05) is 0 Å². The van der Waals surface area contributed by atoms with Crippen LogP contribution in [0, 0.1) is 0 Å². The van der Waals surface area contributed by atoms with Crippen LogP contribution in [0.5, 0.6) is 0 Å². The summed E-state index contributed by atoms with van der Waals surface area (Å²) in [6.45, 7) is 2.32. The molecule has 0 atom stereocenters. The van der Waals surface area contributed by atoms with Crippen molar-refractivity contribution in [3.05, 3.63) is 55.0 Å². The topological polar surface area (TPSA) is 88.0 Å². The van der Waals surface area contributed by atoms with Crippen LogP contribution in [-0.2, 0) is 11.3 Å². The molecule has 1 amide bonds. The Morgan fingerprint density at radius 3 is 2.63 bits per heavy atom. The van der Waals surface area contributed by atoms with Crippen molar-refractivity contribution >= 4 is 28.8 Å². The van der Waals surface area contributed by atoms with Crippen LogP contribution >= 0.6 is 0 Å². The Morgan fingerprint density at radius 2 is 1.89 bits per heavy atom. The first-order valence-corrected chi connectivity index (χ1v) is 8.98. The Bertz CT molecular complexity index is 887. The van der Waals surface area contributed by atoms with E-state index in [1.807, 2.05) is 30.3 Å². The van der Waals surface area contributed by atoms with E-state index < -0.39 is 0 Å². The lowest BCUT2D eigenvalue weighted by Crippen LogP contribution is -2.18. The first-order chi connectivity index (χ1) is 13.3. The van der Waals surface area contributed by atoms with Crippen molar-refractivity contribution in [3.8, 4) is 0 Å². The molecule has 1 fully saturated rings. The number of nitrogens with zero attached hydrogens (tertiary/aromatic N) is 5. The molecule has 1 aromatic carbocycles. The van der Waals surface area contributed by atoms with E-state index in [2.05, 4.69) is 30.8 Å². The zero-order valence-electron chi connectivity index (χ0n) is 14.9. The smallest absolute Gasteiger partial charge is 0.246 e. The first-order valence-electron chi connectivity index (χ1n) is 8.98. The molecule has 0 saturated carbocycles. The number of hydrogen-bond donors (Lipinski definition) is 2. The van der Waals surface area contributed by atoms with Crippen LogP contribution < -0.4 is 15.5 Å². The maximum Gasteiger partial charge on any atom is 0.246 e. The van der Waals surface area contributed by atoms with E-state index >= 15 is 0 Å². The highest BCUT2D eigenvalue weighted by Crippen LogP contribution is 2.23. The molecule has 2 aromatic heterocycles. The van der Waals surface area contributed by atoms with Gasteiger partial charge in [0.05, 0.1) is 11.9 Å². The van der Waals surface area contributed by atoms with Gasteiger partial charge in [-0.2, -0.15) is 10.2 Å². The summed E-state index contributed by atoms with van der Waals surface area (Å²) < 4.78 is 1.58. The quantitative estimate of drug-likeness (QED) is 0.700. The van der Waals surface area contributed by atoms with E-state index in [-0.39, 0.29) is 12.5 Å². The molecule has 0 spiro atoms. The normalized spacial score (nSPS) is 13.6. The number of amides is 1. The average molecular weight is 363 g/mol. The molecule has 0 bridgehead atoms. The van der Waals surface area contributed by atoms with Gasteiger partial charge in [0.25, 0.3) is 0 Å². The van der Waals surface area contributed by atoms with Crippen LogP contribution in [0.25, 0.3) is 0 Å². The molecule has 3 aromatic rings. The van der Waals surface area contributed by atoms with Gasteiger partial charge < -0.3 is 15.5 Å². The van der Waals surface area contributed by atoms with Gasteiger partial charge in [-0.05, 0) is 43.2 Å². The second-order valence-corrected chi connectivity index (χ2v) is 6.45. The first kappa shape index (κ1) is 17.0. The van der Waals surface area contributed by atoms with Crippen molar-refractivity contribution in [2.75, 3.05) is 28.6 Å². The average Bonchev–Trinajstić information content (AvgIpc) is 3.37. The Hall–Kier alpha value is -3.42. The molecule has 3 heterocycles. The van der Waals surface area contributed by atoms with Gasteiger partial charge in [0, 0.05) is 42.9 Å². The fraction of sp³-hybridized carbons (Fsp3) is 0.263. The van der Waals surface area contributed by atoms with Gasteiger partial charge in [0.1, 0.15) is 6.54 Å². The SMILES string of the molecule is O=C(Cn1cccn1)Nc1ccc(Nc2cc(N3CCCC3)cnn2)cc1. The third-order valence-corrected chi connectivity index (χ3v) is 4.42. The molecule has 138 valence electrons. The zero-order valence-corrected chi connectivity index (χ0v) is 14.9. The summed E-state index contributed by atoms with van der Waals surface area (Å²) in [6, 6.07) is 11.3. The maximum atomic E-state index is 12.0. The van der Waals surface area contributed by atoms with Gasteiger partial charge in [0.15, 0.2) is 5.82 Å². The highest BCUT2D eigenvalue weighted by atomic mass is 16.2. The van der Waals surface area contributed by atoms with Crippen LogP contribution in [0.15, 0.2) is 55.0 Å². The number of aromatic nitrogens is 4. The third-order valence-electron chi connectivity index (χ3n) is 4.42. The van der Waals surface area contributed by atoms with Crippen LogP contribution in [0.4, 0.5) is 22.9 Å². The lowest BCUT2D eigenvalue weighted by Gasteiger charge is -2.17. The molecular formula is C19H21N7O. The minimum absolute atomic E-state index is 0.122. The molecule has 0 radical (unpaired) electrons. The summed E-state index contributed by atoms with van der Waals surface area (Å²) in [4.78, 5) is 14.3. The standard InChI is InChI=1S/C19H21N7O/c27-19(14-26-11-3-8-21-26)23-16-6-4-15(5-7-16)22-18-12-17(13-20-24-18)25-9-1-2-10-25/h3-8,11-13H,1-2,9-10,14H2,(H,22,24)(H,23,27). The monoisotopic (exact) mass is 363 g/mol. The Morgan fingerprint density at radius 1 is 1.11 bits per heavy atom. The van der Waals surface area contributed by atoms with E-state index in [0.29, 0.717) is 5.82 Å². The lowest BCUT2D eigenvalue weighted by molar-refractivity contribution is -0.116. The lowest BCUT2D eigenvalue weighted by atomic mass is 10.2. The molecular weight excluding hydrogens is 342 g/mol. The summed E-state index contributed by atoms with van der Waals surface area (Å²) in [7, 11) is 0. The van der Waals surface area contributed by atoms with Crippen molar-refractivity contribution < 1.29 is 4.79 Å². The number of carbonyl (C=O) groups excluding carboxylic acids is 1. The van der Waals surface area contributed by atoms with Crippen LogP contribution in [0.3, 0.4) is 0 Å². The van der Waals surface area contributed by atoms with E-state index in [4.69, 9.17) is 0 Å². The van der Waals surface area contributed by atoms with Crippen LogP contribution in [0.2, 0.25) is 0 Å².